The quantitative estimate of drug-likeness (QED) is 0.830. The topological polar surface area (TPSA) is 62.6 Å². The molecule has 2 aromatic rings. The minimum Gasteiger partial charge on any atom is -0.465 e. The number of carbonyl (C=O) groups excluding carboxylic acids is 2. The number of hydrogen-bond donors (Lipinski definition) is 1. The summed E-state index contributed by atoms with van der Waals surface area (Å²) < 4.78 is 5.35. The summed E-state index contributed by atoms with van der Waals surface area (Å²) in [7, 11) is 0. The van der Waals surface area contributed by atoms with Gasteiger partial charge in [-0.1, -0.05) is 6.07 Å². The van der Waals surface area contributed by atoms with Gasteiger partial charge >= 0.3 is 0 Å². The van der Waals surface area contributed by atoms with Crippen LogP contribution in [-0.2, 0) is 4.79 Å². The van der Waals surface area contributed by atoms with E-state index in [-0.39, 0.29) is 23.6 Å². The molecule has 0 saturated carbocycles. The Bertz CT molecular complexity index is 852. The third-order valence-corrected chi connectivity index (χ3v) is 5.14. The predicted molar refractivity (Wildman–Crippen MR) is 105 cm³/mol. The first-order valence-corrected chi connectivity index (χ1v) is 9.40. The zero-order valence-electron chi connectivity index (χ0n) is 16.1. The highest BCUT2D eigenvalue weighted by Gasteiger charge is 2.27. The molecular weight excluding hydrogens is 340 g/mol. The van der Waals surface area contributed by atoms with Crippen molar-refractivity contribution in [3.05, 3.63) is 64.7 Å². The zero-order chi connectivity index (χ0) is 19.4. The van der Waals surface area contributed by atoms with Crippen LogP contribution >= 0.6 is 0 Å². The van der Waals surface area contributed by atoms with Crippen molar-refractivity contribution in [2.45, 2.75) is 46.1 Å². The van der Waals surface area contributed by atoms with Gasteiger partial charge in [0.2, 0.25) is 0 Å². The van der Waals surface area contributed by atoms with Crippen molar-refractivity contribution >= 4 is 17.9 Å². The number of rotatable bonds is 4. The van der Waals surface area contributed by atoms with Crippen LogP contribution in [0.2, 0.25) is 0 Å². The van der Waals surface area contributed by atoms with Crippen LogP contribution in [0.3, 0.4) is 0 Å². The number of furan rings is 1. The largest absolute Gasteiger partial charge is 0.465 e. The fourth-order valence-electron chi connectivity index (χ4n) is 3.30. The normalized spacial score (nSPS) is 17.7. The third kappa shape index (κ3) is 4.48. The van der Waals surface area contributed by atoms with Crippen LogP contribution in [0.1, 0.15) is 53.4 Å². The maximum Gasteiger partial charge on any atom is 0.270 e. The van der Waals surface area contributed by atoms with Gasteiger partial charge in [-0.25, -0.2) is 0 Å². The second-order valence-corrected chi connectivity index (χ2v) is 7.17. The average molecular weight is 366 g/mol. The predicted octanol–water partition coefficient (Wildman–Crippen LogP) is 4.07. The number of carbonyl (C=O) groups is 2. The van der Waals surface area contributed by atoms with E-state index in [0.717, 1.165) is 30.4 Å². The van der Waals surface area contributed by atoms with E-state index >= 15 is 0 Å². The van der Waals surface area contributed by atoms with Crippen LogP contribution in [0.5, 0.6) is 0 Å². The number of piperidine rings is 1. The van der Waals surface area contributed by atoms with Gasteiger partial charge in [-0.3, -0.25) is 9.59 Å². The first-order valence-electron chi connectivity index (χ1n) is 9.40. The van der Waals surface area contributed by atoms with Gasteiger partial charge in [-0.05, 0) is 75.4 Å². The summed E-state index contributed by atoms with van der Waals surface area (Å²) in [4.78, 5) is 27.7. The minimum absolute atomic E-state index is 0.157. The molecule has 2 amide bonds. The smallest absolute Gasteiger partial charge is 0.270 e. The summed E-state index contributed by atoms with van der Waals surface area (Å²) in [6.45, 7) is 6.72. The molecule has 1 aliphatic heterocycles. The first-order chi connectivity index (χ1) is 13.0. The number of aryl methyl sites for hydroxylation is 2. The van der Waals surface area contributed by atoms with E-state index in [2.05, 4.69) is 5.32 Å². The monoisotopic (exact) mass is 366 g/mol. The molecule has 5 nitrogen and oxygen atoms in total. The SMILES string of the molecule is Cc1ccc(C(=O)NC(=Cc2ccco2)C(=O)N2CCCCC2C)cc1C. The summed E-state index contributed by atoms with van der Waals surface area (Å²) in [5.41, 5.74) is 2.93. The van der Waals surface area contributed by atoms with E-state index in [0.29, 0.717) is 17.9 Å². The second kappa shape index (κ2) is 8.25. The van der Waals surface area contributed by atoms with Crippen LogP contribution in [0.15, 0.2) is 46.7 Å². The zero-order valence-corrected chi connectivity index (χ0v) is 16.1. The van der Waals surface area contributed by atoms with E-state index in [9.17, 15) is 9.59 Å². The Balaban J connectivity index is 1.87. The van der Waals surface area contributed by atoms with Crippen molar-refractivity contribution in [1.82, 2.24) is 10.2 Å². The van der Waals surface area contributed by atoms with Gasteiger partial charge in [0.05, 0.1) is 6.26 Å². The Hall–Kier alpha value is -2.82. The van der Waals surface area contributed by atoms with Crippen LogP contribution < -0.4 is 5.32 Å². The number of likely N-dealkylation sites (tertiary alicyclic amines) is 1. The van der Waals surface area contributed by atoms with E-state index in [4.69, 9.17) is 4.42 Å². The summed E-state index contributed by atoms with van der Waals surface area (Å²) >= 11 is 0. The minimum atomic E-state index is -0.297. The number of benzene rings is 1. The Morgan fingerprint density at radius 2 is 2.00 bits per heavy atom. The number of hydrogen-bond acceptors (Lipinski definition) is 3. The highest BCUT2D eigenvalue weighted by molar-refractivity contribution is 6.05. The lowest BCUT2D eigenvalue weighted by atomic mass is 10.0. The van der Waals surface area contributed by atoms with Crippen LogP contribution in [0.4, 0.5) is 0 Å². The van der Waals surface area contributed by atoms with Gasteiger partial charge in [-0.15, -0.1) is 0 Å². The van der Waals surface area contributed by atoms with Crippen molar-refractivity contribution in [1.29, 1.82) is 0 Å². The fraction of sp³-hybridized carbons (Fsp3) is 0.364. The molecule has 142 valence electrons. The van der Waals surface area contributed by atoms with E-state index < -0.39 is 0 Å². The van der Waals surface area contributed by atoms with Crippen molar-refractivity contribution in [2.24, 2.45) is 0 Å². The van der Waals surface area contributed by atoms with Gasteiger partial charge in [0, 0.05) is 24.2 Å². The van der Waals surface area contributed by atoms with Gasteiger partial charge in [0.25, 0.3) is 11.8 Å². The molecule has 0 spiro atoms. The number of nitrogens with zero attached hydrogens (tertiary/aromatic N) is 1. The fourth-order valence-corrected chi connectivity index (χ4v) is 3.30. The van der Waals surface area contributed by atoms with Gasteiger partial charge in [0.1, 0.15) is 11.5 Å². The molecule has 0 aliphatic carbocycles. The molecule has 1 N–H and O–H groups in total. The molecule has 1 aromatic carbocycles. The van der Waals surface area contributed by atoms with Crippen LogP contribution in [0, 0.1) is 13.8 Å². The molecule has 1 fully saturated rings. The number of nitrogens with one attached hydrogen (secondary N) is 1. The molecular formula is C22H26N2O3. The molecule has 27 heavy (non-hydrogen) atoms. The molecule has 1 atom stereocenters. The first kappa shape index (κ1) is 19.0. The summed E-state index contributed by atoms with van der Waals surface area (Å²) in [5.74, 6) is 0.0631. The molecule has 1 saturated heterocycles. The third-order valence-electron chi connectivity index (χ3n) is 5.14. The van der Waals surface area contributed by atoms with E-state index in [1.165, 1.54) is 0 Å². The standard InChI is InChI=1S/C22H26N2O3/c1-15-9-10-18(13-16(15)2)21(25)23-20(14-19-8-6-12-27-19)22(26)24-11-5-4-7-17(24)3/h6,8-10,12-14,17H,4-5,7,11H2,1-3H3,(H,23,25). The van der Waals surface area contributed by atoms with Gasteiger partial charge < -0.3 is 14.6 Å². The van der Waals surface area contributed by atoms with Gasteiger partial charge in [-0.2, -0.15) is 0 Å². The summed E-state index contributed by atoms with van der Waals surface area (Å²) in [5, 5.41) is 2.81. The van der Waals surface area contributed by atoms with Crippen LogP contribution in [-0.4, -0.2) is 29.3 Å². The van der Waals surface area contributed by atoms with Crippen molar-refractivity contribution < 1.29 is 14.0 Å². The van der Waals surface area contributed by atoms with Crippen molar-refractivity contribution in [2.75, 3.05) is 6.54 Å². The Kier molecular flexibility index (Phi) is 5.79. The Labute approximate surface area is 160 Å². The molecule has 1 aliphatic rings. The lowest BCUT2D eigenvalue weighted by molar-refractivity contribution is -0.130. The highest BCUT2D eigenvalue weighted by Crippen LogP contribution is 2.20. The molecule has 5 heteroatoms. The maximum absolute atomic E-state index is 13.1. The lowest BCUT2D eigenvalue weighted by Gasteiger charge is -2.34. The maximum atomic E-state index is 13.1. The molecule has 3 rings (SSSR count). The molecule has 1 unspecified atom stereocenters. The van der Waals surface area contributed by atoms with E-state index in [1.807, 2.05) is 37.8 Å². The Morgan fingerprint density at radius 1 is 1.19 bits per heavy atom. The second-order valence-electron chi connectivity index (χ2n) is 7.17. The lowest BCUT2D eigenvalue weighted by Crippen LogP contribution is -2.45. The Morgan fingerprint density at radius 3 is 2.67 bits per heavy atom. The van der Waals surface area contributed by atoms with Crippen molar-refractivity contribution in [3.8, 4) is 0 Å². The average Bonchev–Trinajstić information content (AvgIpc) is 3.16. The molecule has 1 aromatic heterocycles. The number of amides is 2. The summed E-state index contributed by atoms with van der Waals surface area (Å²) in [6.07, 6.45) is 6.22. The highest BCUT2D eigenvalue weighted by atomic mass is 16.3. The van der Waals surface area contributed by atoms with Gasteiger partial charge in [0.15, 0.2) is 0 Å². The molecule has 2 heterocycles. The summed E-state index contributed by atoms with van der Waals surface area (Å²) in [6, 6.07) is 9.19. The molecule has 0 bridgehead atoms. The molecule has 0 radical (unpaired) electrons. The van der Waals surface area contributed by atoms with Crippen LogP contribution in [0.25, 0.3) is 6.08 Å². The van der Waals surface area contributed by atoms with Crippen molar-refractivity contribution in [3.63, 3.8) is 0 Å². The van der Waals surface area contributed by atoms with E-state index in [1.54, 1.807) is 30.5 Å².